The predicted molar refractivity (Wildman–Crippen MR) is 113 cm³/mol. The Labute approximate surface area is 167 Å². The fourth-order valence-corrected chi connectivity index (χ4v) is 2.67. The molecule has 28 heavy (non-hydrogen) atoms. The number of carbonyl (C=O) groups excluding carboxylic acids is 2. The third kappa shape index (κ3) is 5.84. The summed E-state index contributed by atoms with van der Waals surface area (Å²) in [6.45, 7) is 10.6. The minimum absolute atomic E-state index is 0.201. The molecule has 1 atom stereocenters. The van der Waals surface area contributed by atoms with Crippen molar-refractivity contribution in [1.82, 2.24) is 5.32 Å². The van der Waals surface area contributed by atoms with Crippen molar-refractivity contribution in [3.8, 4) is 5.75 Å². The van der Waals surface area contributed by atoms with Crippen molar-refractivity contribution in [2.45, 2.75) is 47.1 Å². The van der Waals surface area contributed by atoms with Crippen LogP contribution in [-0.2, 0) is 4.79 Å². The Morgan fingerprint density at radius 1 is 1.04 bits per heavy atom. The van der Waals surface area contributed by atoms with Crippen LogP contribution >= 0.6 is 0 Å². The highest BCUT2D eigenvalue weighted by Gasteiger charge is 2.21. The average molecular weight is 383 g/mol. The van der Waals surface area contributed by atoms with Crippen molar-refractivity contribution in [2.75, 3.05) is 11.9 Å². The molecule has 0 radical (unpaired) electrons. The van der Waals surface area contributed by atoms with Crippen molar-refractivity contribution in [3.05, 3.63) is 59.2 Å². The Balaban J connectivity index is 2.11. The maximum atomic E-state index is 12.8. The Bertz CT molecular complexity index is 830. The Morgan fingerprint density at radius 2 is 1.75 bits per heavy atom. The first-order chi connectivity index (χ1) is 13.3. The standard InChI is InChI=1S/C23H30N2O3/c1-6-21(28-18-12-11-16(4)17(5)13-18)23(27)25-20-10-8-7-9-19(20)22(26)24-14-15(2)3/h7-13,15,21H,6,14H2,1-5H3,(H,24,26)(H,25,27)/t21-/m0/s1. The molecule has 150 valence electrons. The SMILES string of the molecule is CC[C@H](Oc1ccc(C)c(C)c1)C(=O)Nc1ccccc1C(=O)NCC(C)C. The van der Waals surface area contributed by atoms with E-state index in [9.17, 15) is 9.59 Å². The molecule has 0 saturated heterocycles. The minimum Gasteiger partial charge on any atom is -0.481 e. The van der Waals surface area contributed by atoms with Crippen LogP contribution < -0.4 is 15.4 Å². The van der Waals surface area contributed by atoms with Crippen LogP contribution in [0.3, 0.4) is 0 Å². The Morgan fingerprint density at radius 3 is 2.39 bits per heavy atom. The first-order valence-electron chi connectivity index (χ1n) is 9.73. The number of ether oxygens (including phenoxy) is 1. The molecule has 0 bridgehead atoms. The number of aryl methyl sites for hydroxylation is 2. The lowest BCUT2D eigenvalue weighted by molar-refractivity contribution is -0.122. The molecule has 5 heteroatoms. The second kappa shape index (κ2) is 9.93. The van der Waals surface area contributed by atoms with Crippen LogP contribution in [0.1, 0.15) is 48.7 Å². The van der Waals surface area contributed by atoms with Gasteiger partial charge in [0.15, 0.2) is 6.10 Å². The molecule has 0 fully saturated rings. The molecule has 0 heterocycles. The molecule has 0 spiro atoms. The van der Waals surface area contributed by atoms with Gasteiger partial charge in [-0.1, -0.05) is 39.0 Å². The van der Waals surface area contributed by atoms with Gasteiger partial charge in [0, 0.05) is 6.54 Å². The molecule has 2 rings (SSSR count). The molecule has 0 saturated carbocycles. The first kappa shape index (κ1) is 21.5. The number of nitrogens with one attached hydrogen (secondary N) is 2. The monoisotopic (exact) mass is 382 g/mol. The molecule has 0 aliphatic rings. The van der Waals surface area contributed by atoms with Crippen molar-refractivity contribution >= 4 is 17.5 Å². The second-order valence-corrected chi connectivity index (χ2v) is 7.40. The molecular formula is C23H30N2O3. The van der Waals surface area contributed by atoms with E-state index in [2.05, 4.69) is 10.6 Å². The molecule has 0 aromatic heterocycles. The molecule has 0 aliphatic heterocycles. The van der Waals surface area contributed by atoms with E-state index >= 15 is 0 Å². The van der Waals surface area contributed by atoms with E-state index in [1.54, 1.807) is 24.3 Å². The van der Waals surface area contributed by atoms with Gasteiger partial charge in [0.1, 0.15) is 5.75 Å². The molecule has 2 amide bonds. The van der Waals surface area contributed by atoms with E-state index in [1.807, 2.05) is 52.8 Å². The van der Waals surface area contributed by atoms with Crippen LogP contribution in [0.4, 0.5) is 5.69 Å². The molecule has 2 N–H and O–H groups in total. The van der Waals surface area contributed by atoms with Crippen LogP contribution in [0.15, 0.2) is 42.5 Å². The van der Waals surface area contributed by atoms with Crippen molar-refractivity contribution in [2.24, 2.45) is 5.92 Å². The first-order valence-corrected chi connectivity index (χ1v) is 9.73. The van der Waals surface area contributed by atoms with Crippen molar-refractivity contribution in [1.29, 1.82) is 0 Å². The minimum atomic E-state index is -0.645. The molecule has 2 aromatic rings. The Hall–Kier alpha value is -2.82. The summed E-state index contributed by atoms with van der Waals surface area (Å²) in [5.41, 5.74) is 3.21. The van der Waals surface area contributed by atoms with Crippen molar-refractivity contribution < 1.29 is 14.3 Å². The van der Waals surface area contributed by atoms with Gasteiger partial charge >= 0.3 is 0 Å². The van der Waals surface area contributed by atoms with E-state index < -0.39 is 6.10 Å². The number of amides is 2. The van der Waals surface area contributed by atoms with Gasteiger partial charge in [-0.2, -0.15) is 0 Å². The molecular weight excluding hydrogens is 352 g/mol. The fraction of sp³-hybridized carbons (Fsp3) is 0.391. The summed E-state index contributed by atoms with van der Waals surface area (Å²) >= 11 is 0. The molecule has 0 aliphatic carbocycles. The number of benzene rings is 2. The lowest BCUT2D eigenvalue weighted by atomic mass is 10.1. The lowest BCUT2D eigenvalue weighted by Gasteiger charge is -2.19. The van der Waals surface area contributed by atoms with Crippen LogP contribution in [0.2, 0.25) is 0 Å². The van der Waals surface area contributed by atoms with Gasteiger partial charge in [0.2, 0.25) is 0 Å². The van der Waals surface area contributed by atoms with E-state index in [4.69, 9.17) is 4.74 Å². The predicted octanol–water partition coefficient (Wildman–Crippen LogP) is 4.49. The molecule has 2 aromatic carbocycles. The van der Waals surface area contributed by atoms with Crippen molar-refractivity contribution in [3.63, 3.8) is 0 Å². The normalized spacial score (nSPS) is 11.8. The number of hydrogen-bond donors (Lipinski definition) is 2. The maximum Gasteiger partial charge on any atom is 0.265 e. The van der Waals surface area contributed by atoms with Crippen LogP contribution in [-0.4, -0.2) is 24.5 Å². The summed E-state index contributed by atoms with van der Waals surface area (Å²) in [5, 5.41) is 5.74. The van der Waals surface area contributed by atoms with Crippen LogP contribution in [0.25, 0.3) is 0 Å². The van der Waals surface area contributed by atoms with E-state index in [0.29, 0.717) is 35.9 Å². The van der Waals surface area contributed by atoms with Gasteiger partial charge < -0.3 is 15.4 Å². The number of anilines is 1. The third-order valence-electron chi connectivity index (χ3n) is 4.52. The van der Waals surface area contributed by atoms with Gasteiger partial charge in [-0.15, -0.1) is 0 Å². The van der Waals surface area contributed by atoms with Gasteiger partial charge in [-0.05, 0) is 61.6 Å². The highest BCUT2D eigenvalue weighted by atomic mass is 16.5. The van der Waals surface area contributed by atoms with E-state index in [0.717, 1.165) is 5.56 Å². The summed E-state index contributed by atoms with van der Waals surface area (Å²) in [6, 6.07) is 12.8. The number of rotatable bonds is 8. The lowest BCUT2D eigenvalue weighted by Crippen LogP contribution is -2.34. The summed E-state index contributed by atoms with van der Waals surface area (Å²) < 4.78 is 5.90. The fourth-order valence-electron chi connectivity index (χ4n) is 2.67. The summed E-state index contributed by atoms with van der Waals surface area (Å²) in [6.07, 6.45) is -0.130. The topological polar surface area (TPSA) is 67.4 Å². The van der Waals surface area contributed by atoms with Crippen LogP contribution in [0, 0.1) is 19.8 Å². The Kier molecular flexibility index (Phi) is 7.61. The van der Waals surface area contributed by atoms with Gasteiger partial charge in [0.25, 0.3) is 11.8 Å². The van der Waals surface area contributed by atoms with Gasteiger partial charge in [-0.25, -0.2) is 0 Å². The zero-order valence-corrected chi connectivity index (χ0v) is 17.3. The average Bonchev–Trinajstić information content (AvgIpc) is 2.67. The smallest absolute Gasteiger partial charge is 0.265 e. The zero-order valence-electron chi connectivity index (χ0n) is 17.3. The van der Waals surface area contributed by atoms with Gasteiger partial charge in [0.05, 0.1) is 11.3 Å². The van der Waals surface area contributed by atoms with Crippen LogP contribution in [0.5, 0.6) is 5.75 Å². The summed E-state index contributed by atoms with van der Waals surface area (Å²) in [5.74, 6) is 0.534. The number of hydrogen-bond acceptors (Lipinski definition) is 3. The highest BCUT2D eigenvalue weighted by Crippen LogP contribution is 2.20. The quantitative estimate of drug-likeness (QED) is 0.707. The van der Waals surface area contributed by atoms with Gasteiger partial charge in [-0.3, -0.25) is 9.59 Å². The maximum absolute atomic E-state index is 12.8. The number of para-hydroxylation sites is 1. The molecule has 5 nitrogen and oxygen atoms in total. The third-order valence-corrected chi connectivity index (χ3v) is 4.52. The number of carbonyl (C=O) groups is 2. The summed E-state index contributed by atoms with van der Waals surface area (Å²) in [7, 11) is 0. The summed E-state index contributed by atoms with van der Waals surface area (Å²) in [4.78, 5) is 25.2. The van der Waals surface area contributed by atoms with E-state index in [1.165, 1.54) is 5.56 Å². The highest BCUT2D eigenvalue weighted by molar-refractivity contribution is 6.04. The molecule has 0 unspecified atom stereocenters. The largest absolute Gasteiger partial charge is 0.481 e. The zero-order chi connectivity index (χ0) is 20.7. The second-order valence-electron chi connectivity index (χ2n) is 7.40. The van der Waals surface area contributed by atoms with E-state index in [-0.39, 0.29) is 11.8 Å².